The Kier molecular flexibility index (Phi) is 3.95. The molecule has 1 saturated carbocycles. The monoisotopic (exact) mass is 194 g/mol. The molecule has 2 heteroatoms. The van der Waals surface area contributed by atoms with Crippen molar-refractivity contribution in [3.63, 3.8) is 0 Å². The highest BCUT2D eigenvalue weighted by atomic mass is 15.1. The molecular weight excluding hydrogens is 172 g/mol. The van der Waals surface area contributed by atoms with Crippen molar-refractivity contribution in [2.45, 2.75) is 52.0 Å². The van der Waals surface area contributed by atoms with Crippen molar-refractivity contribution in [3.8, 4) is 6.07 Å². The first-order chi connectivity index (χ1) is 6.55. The molecule has 2 nitrogen and oxygen atoms in total. The van der Waals surface area contributed by atoms with E-state index >= 15 is 0 Å². The fraction of sp³-hybridized carbons (Fsp3) is 0.917. The van der Waals surface area contributed by atoms with Gasteiger partial charge in [0.05, 0.1) is 11.5 Å². The molecule has 0 aromatic heterocycles. The largest absolute Gasteiger partial charge is 0.303 e. The lowest BCUT2D eigenvalue weighted by Crippen LogP contribution is -2.22. The summed E-state index contributed by atoms with van der Waals surface area (Å²) in [6, 6.07) is 3.22. The summed E-state index contributed by atoms with van der Waals surface area (Å²) in [5.74, 6) is 0. The minimum absolute atomic E-state index is 0.127. The summed E-state index contributed by atoms with van der Waals surface area (Å²) < 4.78 is 0. The number of hydrogen-bond acceptors (Lipinski definition) is 2. The molecule has 0 radical (unpaired) electrons. The summed E-state index contributed by atoms with van der Waals surface area (Å²) in [4.78, 5) is 2.46. The average molecular weight is 194 g/mol. The molecule has 0 bridgehead atoms. The number of nitrogens with zero attached hydrogens (tertiary/aromatic N) is 2. The maximum absolute atomic E-state index is 8.84. The Morgan fingerprint density at radius 3 is 2.50 bits per heavy atom. The van der Waals surface area contributed by atoms with E-state index in [0.717, 1.165) is 12.5 Å². The van der Waals surface area contributed by atoms with Gasteiger partial charge in [0.2, 0.25) is 0 Å². The minimum atomic E-state index is -0.127. The van der Waals surface area contributed by atoms with Crippen LogP contribution in [0.1, 0.15) is 46.0 Å². The first-order valence-electron chi connectivity index (χ1n) is 5.67. The van der Waals surface area contributed by atoms with Gasteiger partial charge in [0, 0.05) is 6.04 Å². The van der Waals surface area contributed by atoms with Crippen molar-refractivity contribution in [2.24, 2.45) is 5.41 Å². The average Bonchev–Trinajstić information content (AvgIpc) is 2.95. The molecule has 0 spiro atoms. The van der Waals surface area contributed by atoms with Crippen LogP contribution >= 0.6 is 0 Å². The van der Waals surface area contributed by atoms with Gasteiger partial charge in [-0.1, -0.05) is 6.42 Å². The second kappa shape index (κ2) is 4.79. The van der Waals surface area contributed by atoms with Crippen molar-refractivity contribution >= 4 is 0 Å². The minimum Gasteiger partial charge on any atom is -0.303 e. The predicted molar refractivity (Wildman–Crippen MR) is 58.9 cm³/mol. The van der Waals surface area contributed by atoms with Gasteiger partial charge in [-0.3, -0.25) is 0 Å². The maximum atomic E-state index is 8.84. The Morgan fingerprint density at radius 1 is 1.36 bits per heavy atom. The van der Waals surface area contributed by atoms with Gasteiger partial charge in [-0.15, -0.1) is 0 Å². The van der Waals surface area contributed by atoms with Gasteiger partial charge in [0.1, 0.15) is 0 Å². The number of unbranched alkanes of at least 4 members (excludes halogenated alkanes) is 1. The van der Waals surface area contributed by atoms with Crippen LogP contribution < -0.4 is 0 Å². The van der Waals surface area contributed by atoms with Crippen LogP contribution in [0.25, 0.3) is 0 Å². The molecule has 1 fully saturated rings. The number of rotatable bonds is 6. The molecule has 14 heavy (non-hydrogen) atoms. The summed E-state index contributed by atoms with van der Waals surface area (Å²) in [7, 11) is 2.22. The van der Waals surface area contributed by atoms with Crippen LogP contribution in [-0.4, -0.2) is 24.5 Å². The van der Waals surface area contributed by atoms with Gasteiger partial charge in [-0.25, -0.2) is 0 Å². The lowest BCUT2D eigenvalue weighted by molar-refractivity contribution is 0.305. The highest BCUT2D eigenvalue weighted by Gasteiger charge is 2.25. The molecular formula is C12H22N2. The SMILES string of the molecule is CN(CCCCC(C)(C)C#N)C1CC1. The zero-order chi connectivity index (χ0) is 10.6. The molecule has 0 aromatic rings. The fourth-order valence-corrected chi connectivity index (χ4v) is 1.68. The Balaban J connectivity index is 2.01. The zero-order valence-corrected chi connectivity index (χ0v) is 9.71. The quantitative estimate of drug-likeness (QED) is 0.608. The van der Waals surface area contributed by atoms with E-state index in [2.05, 4.69) is 18.0 Å². The Bertz CT molecular complexity index is 211. The second-order valence-corrected chi connectivity index (χ2v) is 5.16. The van der Waals surface area contributed by atoms with E-state index in [0.29, 0.717) is 0 Å². The van der Waals surface area contributed by atoms with E-state index in [-0.39, 0.29) is 5.41 Å². The first-order valence-corrected chi connectivity index (χ1v) is 5.67. The molecule has 1 aliphatic rings. The van der Waals surface area contributed by atoms with Crippen molar-refractivity contribution < 1.29 is 0 Å². The Labute approximate surface area is 87.9 Å². The first kappa shape index (κ1) is 11.5. The molecule has 1 rings (SSSR count). The predicted octanol–water partition coefficient (Wildman–Crippen LogP) is 2.80. The summed E-state index contributed by atoms with van der Waals surface area (Å²) in [6.45, 7) is 5.25. The van der Waals surface area contributed by atoms with Crippen LogP contribution in [0.3, 0.4) is 0 Å². The molecule has 80 valence electrons. The topological polar surface area (TPSA) is 27.0 Å². The van der Waals surface area contributed by atoms with Crippen molar-refractivity contribution in [1.29, 1.82) is 5.26 Å². The third-order valence-electron chi connectivity index (χ3n) is 3.04. The molecule has 0 N–H and O–H groups in total. The molecule has 1 aliphatic carbocycles. The standard InChI is InChI=1S/C12H22N2/c1-12(2,10-13)8-4-5-9-14(3)11-6-7-11/h11H,4-9H2,1-3H3. The van der Waals surface area contributed by atoms with Crippen LogP contribution in [0.5, 0.6) is 0 Å². The molecule has 0 unspecified atom stereocenters. The van der Waals surface area contributed by atoms with Crippen LogP contribution in [-0.2, 0) is 0 Å². The summed E-state index contributed by atoms with van der Waals surface area (Å²) >= 11 is 0. The molecule has 0 amide bonds. The Morgan fingerprint density at radius 2 is 2.00 bits per heavy atom. The van der Waals surface area contributed by atoms with E-state index in [4.69, 9.17) is 5.26 Å². The van der Waals surface area contributed by atoms with E-state index in [1.807, 2.05) is 13.8 Å². The highest BCUT2D eigenvalue weighted by molar-refractivity contribution is 4.91. The van der Waals surface area contributed by atoms with E-state index in [1.54, 1.807) is 0 Å². The summed E-state index contributed by atoms with van der Waals surface area (Å²) in [5, 5.41) is 8.84. The van der Waals surface area contributed by atoms with Crippen LogP contribution in [0.2, 0.25) is 0 Å². The normalized spacial score (nSPS) is 17.1. The fourth-order valence-electron chi connectivity index (χ4n) is 1.68. The highest BCUT2D eigenvalue weighted by Crippen LogP contribution is 2.26. The van der Waals surface area contributed by atoms with Crippen molar-refractivity contribution in [1.82, 2.24) is 4.90 Å². The molecule has 0 aromatic carbocycles. The van der Waals surface area contributed by atoms with Gasteiger partial charge in [-0.05, 0) is 53.1 Å². The van der Waals surface area contributed by atoms with E-state index < -0.39 is 0 Å². The zero-order valence-electron chi connectivity index (χ0n) is 9.71. The van der Waals surface area contributed by atoms with Gasteiger partial charge >= 0.3 is 0 Å². The van der Waals surface area contributed by atoms with E-state index in [9.17, 15) is 0 Å². The second-order valence-electron chi connectivity index (χ2n) is 5.16. The lowest BCUT2D eigenvalue weighted by Gasteiger charge is -2.18. The third-order valence-corrected chi connectivity index (χ3v) is 3.04. The molecule has 0 aliphatic heterocycles. The van der Waals surface area contributed by atoms with Crippen LogP contribution in [0.15, 0.2) is 0 Å². The van der Waals surface area contributed by atoms with Crippen molar-refractivity contribution in [2.75, 3.05) is 13.6 Å². The lowest BCUT2D eigenvalue weighted by atomic mass is 9.89. The van der Waals surface area contributed by atoms with Gasteiger partial charge in [0.25, 0.3) is 0 Å². The maximum Gasteiger partial charge on any atom is 0.0683 e. The van der Waals surface area contributed by atoms with Crippen LogP contribution in [0.4, 0.5) is 0 Å². The Hall–Kier alpha value is -0.550. The smallest absolute Gasteiger partial charge is 0.0683 e. The summed E-state index contributed by atoms with van der Waals surface area (Å²) in [5.41, 5.74) is -0.127. The van der Waals surface area contributed by atoms with Crippen molar-refractivity contribution in [3.05, 3.63) is 0 Å². The molecule has 0 heterocycles. The number of nitriles is 1. The van der Waals surface area contributed by atoms with Gasteiger partial charge in [0.15, 0.2) is 0 Å². The molecule has 0 atom stereocenters. The van der Waals surface area contributed by atoms with Gasteiger partial charge in [-0.2, -0.15) is 5.26 Å². The van der Waals surface area contributed by atoms with Gasteiger partial charge < -0.3 is 4.90 Å². The summed E-state index contributed by atoms with van der Waals surface area (Å²) in [6.07, 6.45) is 6.22. The molecule has 0 saturated heterocycles. The van der Waals surface area contributed by atoms with E-state index in [1.165, 1.54) is 32.2 Å². The van der Waals surface area contributed by atoms with Crippen LogP contribution in [0, 0.1) is 16.7 Å². The number of hydrogen-bond donors (Lipinski definition) is 0. The third kappa shape index (κ3) is 4.11.